The molecule has 2 aliphatic rings. The number of carbonyl (C=O) groups is 2. The molecule has 1 aromatic rings. The van der Waals surface area contributed by atoms with Crippen LogP contribution in [0.5, 0.6) is 0 Å². The molecular weight excluding hydrogens is 318 g/mol. The molecule has 3 heterocycles. The maximum Gasteiger partial charge on any atom is 0.276 e. The number of oxazole rings is 1. The van der Waals surface area contributed by atoms with Gasteiger partial charge in [-0.1, -0.05) is 6.92 Å². The van der Waals surface area contributed by atoms with Crippen LogP contribution in [0.15, 0.2) is 4.42 Å². The van der Waals surface area contributed by atoms with Gasteiger partial charge in [0.25, 0.3) is 5.91 Å². The van der Waals surface area contributed by atoms with Gasteiger partial charge in [0.2, 0.25) is 5.91 Å². The van der Waals surface area contributed by atoms with E-state index in [2.05, 4.69) is 4.98 Å². The molecule has 0 atom stereocenters. The second-order valence-corrected chi connectivity index (χ2v) is 7.21. The SMILES string of the molecule is CCCC(=O)N1CCC(c2nc(C(=O)N3CCCCC3)c(C)o2)CC1. The van der Waals surface area contributed by atoms with Crippen molar-refractivity contribution in [1.29, 1.82) is 0 Å². The number of carbonyl (C=O) groups excluding carboxylic acids is 2. The van der Waals surface area contributed by atoms with Crippen LogP contribution < -0.4 is 0 Å². The number of hydrogen-bond acceptors (Lipinski definition) is 4. The van der Waals surface area contributed by atoms with Gasteiger partial charge in [0, 0.05) is 38.5 Å². The van der Waals surface area contributed by atoms with Gasteiger partial charge in [0.05, 0.1) is 0 Å². The molecule has 0 unspecified atom stereocenters. The van der Waals surface area contributed by atoms with Crippen LogP contribution in [0.25, 0.3) is 0 Å². The number of aryl methyl sites for hydroxylation is 1. The highest BCUT2D eigenvalue weighted by Crippen LogP contribution is 2.29. The lowest BCUT2D eigenvalue weighted by atomic mass is 9.96. The summed E-state index contributed by atoms with van der Waals surface area (Å²) < 4.78 is 5.85. The number of hydrogen-bond donors (Lipinski definition) is 0. The minimum absolute atomic E-state index is 0.00256. The van der Waals surface area contributed by atoms with Gasteiger partial charge in [-0.05, 0) is 45.4 Å². The third kappa shape index (κ3) is 4.05. The first-order chi connectivity index (χ1) is 12.1. The van der Waals surface area contributed by atoms with E-state index in [0.717, 1.165) is 58.3 Å². The summed E-state index contributed by atoms with van der Waals surface area (Å²) in [4.78, 5) is 33.1. The van der Waals surface area contributed by atoms with Crippen molar-refractivity contribution in [3.8, 4) is 0 Å². The standard InChI is InChI=1S/C19H29N3O3/c1-3-7-16(23)21-12-8-15(9-13-21)18-20-17(14(2)25-18)19(24)22-10-5-4-6-11-22/h15H,3-13H2,1-2H3. The molecule has 0 spiro atoms. The van der Waals surface area contributed by atoms with Gasteiger partial charge < -0.3 is 14.2 Å². The molecule has 0 bridgehead atoms. The van der Waals surface area contributed by atoms with Crippen molar-refractivity contribution in [2.24, 2.45) is 0 Å². The monoisotopic (exact) mass is 347 g/mol. The molecule has 2 amide bonds. The minimum atomic E-state index is 0.00256. The van der Waals surface area contributed by atoms with Crippen LogP contribution in [0, 0.1) is 6.92 Å². The number of piperidine rings is 2. The lowest BCUT2D eigenvalue weighted by Gasteiger charge is -2.30. The van der Waals surface area contributed by atoms with Gasteiger partial charge in [-0.2, -0.15) is 0 Å². The molecule has 0 saturated carbocycles. The van der Waals surface area contributed by atoms with Crippen molar-refractivity contribution >= 4 is 11.8 Å². The fraction of sp³-hybridized carbons (Fsp3) is 0.737. The van der Waals surface area contributed by atoms with E-state index in [-0.39, 0.29) is 17.7 Å². The third-order valence-electron chi connectivity index (χ3n) is 5.32. The first-order valence-corrected chi connectivity index (χ1v) is 9.64. The molecule has 6 nitrogen and oxygen atoms in total. The predicted molar refractivity (Wildman–Crippen MR) is 94.5 cm³/mol. The second kappa shape index (κ2) is 8.02. The van der Waals surface area contributed by atoms with Crippen molar-refractivity contribution in [1.82, 2.24) is 14.8 Å². The van der Waals surface area contributed by atoms with Crippen LogP contribution in [-0.2, 0) is 4.79 Å². The molecule has 1 aromatic heterocycles. The van der Waals surface area contributed by atoms with E-state index in [9.17, 15) is 9.59 Å². The Morgan fingerprint density at radius 2 is 1.76 bits per heavy atom. The molecule has 2 saturated heterocycles. The van der Waals surface area contributed by atoms with E-state index in [1.54, 1.807) is 0 Å². The van der Waals surface area contributed by atoms with E-state index in [4.69, 9.17) is 4.42 Å². The quantitative estimate of drug-likeness (QED) is 0.839. The van der Waals surface area contributed by atoms with Crippen molar-refractivity contribution in [2.45, 2.75) is 64.7 Å². The topological polar surface area (TPSA) is 66.7 Å². The zero-order valence-electron chi connectivity index (χ0n) is 15.4. The lowest BCUT2D eigenvalue weighted by Crippen LogP contribution is -2.38. The number of rotatable bonds is 4. The molecule has 6 heteroatoms. The Kier molecular flexibility index (Phi) is 5.76. The summed E-state index contributed by atoms with van der Waals surface area (Å²) >= 11 is 0. The molecule has 0 aliphatic carbocycles. The average Bonchev–Trinajstić information content (AvgIpc) is 3.04. The number of amides is 2. The van der Waals surface area contributed by atoms with Crippen LogP contribution in [0.1, 0.15) is 79.9 Å². The molecule has 0 radical (unpaired) electrons. The van der Waals surface area contributed by atoms with Crippen molar-refractivity contribution < 1.29 is 14.0 Å². The summed E-state index contributed by atoms with van der Waals surface area (Å²) in [6, 6.07) is 0. The van der Waals surface area contributed by atoms with E-state index in [0.29, 0.717) is 23.8 Å². The molecule has 3 rings (SSSR count). The Bertz CT molecular complexity index is 611. The Labute approximate surface area is 149 Å². The zero-order valence-corrected chi connectivity index (χ0v) is 15.4. The Hall–Kier alpha value is -1.85. The maximum absolute atomic E-state index is 12.7. The molecule has 0 N–H and O–H groups in total. The van der Waals surface area contributed by atoms with Crippen LogP contribution >= 0.6 is 0 Å². The summed E-state index contributed by atoms with van der Waals surface area (Å²) in [5, 5.41) is 0. The number of aromatic nitrogens is 1. The van der Waals surface area contributed by atoms with E-state index in [1.807, 2.05) is 23.6 Å². The van der Waals surface area contributed by atoms with Gasteiger partial charge >= 0.3 is 0 Å². The van der Waals surface area contributed by atoms with Crippen molar-refractivity contribution in [3.05, 3.63) is 17.3 Å². The molecule has 2 aliphatic heterocycles. The smallest absolute Gasteiger partial charge is 0.276 e. The Morgan fingerprint density at radius 3 is 2.40 bits per heavy atom. The van der Waals surface area contributed by atoms with Crippen LogP contribution in [0.4, 0.5) is 0 Å². The first kappa shape index (κ1) is 18.0. The lowest BCUT2D eigenvalue weighted by molar-refractivity contribution is -0.132. The van der Waals surface area contributed by atoms with Crippen LogP contribution in [0.2, 0.25) is 0 Å². The van der Waals surface area contributed by atoms with E-state index in [1.165, 1.54) is 6.42 Å². The fourth-order valence-corrected chi connectivity index (χ4v) is 3.78. The molecule has 2 fully saturated rings. The number of likely N-dealkylation sites (tertiary alicyclic amines) is 2. The van der Waals surface area contributed by atoms with Gasteiger partial charge in [-0.15, -0.1) is 0 Å². The van der Waals surface area contributed by atoms with Crippen molar-refractivity contribution in [3.63, 3.8) is 0 Å². The Balaban J connectivity index is 1.63. The minimum Gasteiger partial charge on any atom is -0.445 e. The van der Waals surface area contributed by atoms with E-state index >= 15 is 0 Å². The highest BCUT2D eigenvalue weighted by Gasteiger charge is 2.30. The summed E-state index contributed by atoms with van der Waals surface area (Å²) in [7, 11) is 0. The van der Waals surface area contributed by atoms with Gasteiger partial charge in [-0.3, -0.25) is 9.59 Å². The van der Waals surface area contributed by atoms with Crippen LogP contribution in [0.3, 0.4) is 0 Å². The third-order valence-corrected chi connectivity index (χ3v) is 5.32. The first-order valence-electron chi connectivity index (χ1n) is 9.64. The molecule has 25 heavy (non-hydrogen) atoms. The summed E-state index contributed by atoms with van der Waals surface area (Å²) in [6.45, 7) is 6.99. The summed E-state index contributed by atoms with van der Waals surface area (Å²) in [6.07, 6.45) is 6.55. The summed E-state index contributed by atoms with van der Waals surface area (Å²) in [5.41, 5.74) is 0.474. The highest BCUT2D eigenvalue weighted by atomic mass is 16.4. The second-order valence-electron chi connectivity index (χ2n) is 7.21. The molecule has 0 aromatic carbocycles. The van der Waals surface area contributed by atoms with Gasteiger partial charge in [0.15, 0.2) is 11.6 Å². The largest absolute Gasteiger partial charge is 0.445 e. The Morgan fingerprint density at radius 1 is 1.08 bits per heavy atom. The highest BCUT2D eigenvalue weighted by molar-refractivity contribution is 5.93. The van der Waals surface area contributed by atoms with Gasteiger partial charge in [0.1, 0.15) is 5.76 Å². The summed E-state index contributed by atoms with van der Waals surface area (Å²) in [5.74, 6) is 1.73. The molecule has 138 valence electrons. The number of nitrogens with zero attached hydrogens (tertiary/aromatic N) is 3. The van der Waals surface area contributed by atoms with Gasteiger partial charge in [-0.25, -0.2) is 4.98 Å². The average molecular weight is 347 g/mol. The zero-order chi connectivity index (χ0) is 17.8. The van der Waals surface area contributed by atoms with E-state index < -0.39 is 0 Å². The van der Waals surface area contributed by atoms with Crippen LogP contribution in [-0.4, -0.2) is 52.8 Å². The normalized spacial score (nSPS) is 19.3. The molecular formula is C19H29N3O3. The fourth-order valence-electron chi connectivity index (χ4n) is 3.78. The predicted octanol–water partition coefficient (Wildman–Crippen LogP) is 3.12. The maximum atomic E-state index is 12.7. The van der Waals surface area contributed by atoms with Crippen molar-refractivity contribution in [2.75, 3.05) is 26.2 Å².